The van der Waals surface area contributed by atoms with Crippen molar-refractivity contribution in [3.63, 3.8) is 0 Å². The number of carboxylic acid groups (broad SMARTS) is 3. The van der Waals surface area contributed by atoms with Crippen LogP contribution in [0.4, 0.5) is 0 Å². The Bertz CT molecular complexity index is 2180. The molecule has 20 heteroatoms. The number of amides is 2. The number of carbonyl (C=O) groups is 6. The number of hydrogen-bond donors (Lipinski definition) is 9. The zero-order chi connectivity index (χ0) is 44.3. The number of carboxylic acids is 3. The first-order valence-corrected chi connectivity index (χ1v) is 20.0. The van der Waals surface area contributed by atoms with Gasteiger partial charge in [0.2, 0.25) is 11.8 Å². The average Bonchev–Trinajstić information content (AvgIpc) is 3.77. The number of rotatable bonds is 18. The third-order valence-corrected chi connectivity index (χ3v) is 11.1. The molecule has 4 aromatic rings. The first kappa shape index (κ1) is 49.8. The zero-order valence-corrected chi connectivity index (χ0v) is 36.6. The molecule has 338 valence electrons. The Labute approximate surface area is 390 Å². The van der Waals surface area contributed by atoms with Crippen LogP contribution < -0.4 is 10.6 Å². The van der Waals surface area contributed by atoms with E-state index < -0.39 is 41.8 Å². The fourth-order valence-electron chi connectivity index (χ4n) is 7.79. The minimum Gasteiger partial charge on any atom is -0.508 e. The van der Waals surface area contributed by atoms with Gasteiger partial charge in [0.15, 0.2) is 6.54 Å². The third-order valence-electron chi connectivity index (χ3n) is 11.1. The molecule has 5 rings (SSSR count). The van der Waals surface area contributed by atoms with Gasteiger partial charge in [0, 0.05) is 145 Å². The van der Waals surface area contributed by atoms with Crippen molar-refractivity contribution in [1.29, 1.82) is 0 Å². The summed E-state index contributed by atoms with van der Waals surface area (Å²) in [5.41, 5.74) is 3.04. The van der Waals surface area contributed by atoms with Crippen molar-refractivity contribution in [2.75, 3.05) is 78.5 Å². The fraction of sp³-hybridized carbons (Fsp3) is 0.429. The maximum absolute atomic E-state index is 13.8. The first-order chi connectivity index (χ1) is 29.0. The number of quaternary nitrogens is 1. The van der Waals surface area contributed by atoms with Gasteiger partial charge in [-0.25, -0.2) is 4.79 Å². The summed E-state index contributed by atoms with van der Waals surface area (Å²) in [6.45, 7) is 4.13. The van der Waals surface area contributed by atoms with Gasteiger partial charge in [-0.2, -0.15) is 0 Å². The van der Waals surface area contributed by atoms with E-state index >= 15 is 0 Å². The van der Waals surface area contributed by atoms with Crippen molar-refractivity contribution in [2.24, 2.45) is 0 Å². The van der Waals surface area contributed by atoms with Crippen LogP contribution >= 0.6 is 0 Å². The Morgan fingerprint density at radius 1 is 0.774 bits per heavy atom. The van der Waals surface area contributed by atoms with Gasteiger partial charge in [-0.15, -0.1) is 7.05 Å². The number of aromatic hydroxyl groups is 2. The number of ketones is 1. The summed E-state index contributed by atoms with van der Waals surface area (Å²) in [6, 6.07) is 7.40. The van der Waals surface area contributed by atoms with Gasteiger partial charge in [-0.3, -0.25) is 33.9 Å². The Balaban J connectivity index is 0.00000845. The van der Waals surface area contributed by atoms with Gasteiger partial charge >= 0.3 is 17.9 Å². The van der Waals surface area contributed by atoms with Crippen LogP contribution in [0.3, 0.4) is 0 Å². The van der Waals surface area contributed by atoms with Crippen molar-refractivity contribution >= 4 is 57.3 Å². The number of phenolic OH excluding ortho intramolecular Hbond substituents is 2. The summed E-state index contributed by atoms with van der Waals surface area (Å²) < 4.78 is -0.166. The monoisotopic (exact) mass is 1010 g/mol. The smallest absolute Gasteiger partial charge is 0.357 e. The summed E-state index contributed by atoms with van der Waals surface area (Å²) in [6.07, 6.45) is 3.47. The van der Waals surface area contributed by atoms with Crippen LogP contribution in [0.25, 0.3) is 21.8 Å². The molecule has 2 unspecified atom stereocenters. The van der Waals surface area contributed by atoms with E-state index in [1.54, 1.807) is 57.4 Å². The van der Waals surface area contributed by atoms with Crippen LogP contribution in [0.15, 0.2) is 48.8 Å². The van der Waals surface area contributed by atoms with E-state index in [0.29, 0.717) is 22.9 Å². The molecule has 0 radical (unpaired) electrons. The average molecular weight is 1010 g/mol. The molecule has 0 bridgehead atoms. The number of phenols is 2. The predicted molar refractivity (Wildman–Crippen MR) is 223 cm³/mol. The van der Waals surface area contributed by atoms with Gasteiger partial charge in [0.1, 0.15) is 23.6 Å². The molecule has 2 aromatic carbocycles. The zero-order valence-electron chi connectivity index (χ0n) is 34.3. The number of H-pyrrole nitrogens is 2. The topological polar surface area (TPSA) is 269 Å². The molecule has 1 aliphatic heterocycles. The van der Waals surface area contributed by atoms with E-state index in [4.69, 9.17) is 0 Å². The SMILES string of the molecule is [CH2-]C(=O)CN1CCN(C(CCC(=O)NC(Cc2c[nH]c3ccc(O)cc23)C(=O)NCCc2c[nH]c3ccc(O)cc23)C(=O)O)CCN(CC(=O)O)CC[N@+]([CH2-])(CC(=O)O)CC1.[Gd]. The number of nitrogens with zero attached hydrogens (tertiary/aromatic N) is 4. The third kappa shape index (κ3) is 14.6. The largest absolute Gasteiger partial charge is 0.508 e. The number of aromatic nitrogens is 2. The minimum atomic E-state index is -1.22. The number of hydrogen-bond acceptors (Lipinski definition) is 11. The molecular formula is C42H55GdN8O11-. The van der Waals surface area contributed by atoms with E-state index in [-0.39, 0.29) is 160 Å². The summed E-state index contributed by atoms with van der Waals surface area (Å²) >= 11 is 0. The molecule has 1 saturated heterocycles. The number of nitrogens with one attached hydrogen (secondary N) is 4. The standard InChI is InChI=1S/C42H55N8O11.Gd/c1-27(51)24-47-11-13-49(14-12-48(25-39(55)56)16-18-50(2,17-15-47)26-40(57)58)37(42(60)61)7-8-38(54)46-36(19-29-23-45-35-6-4-31(53)21-33(29)35)41(59)43-10-9-28-22-44-34-5-3-30(52)20-32(28)34;/h3-6,20-23,36-37,44-45,52-53H,1-2,7-19,24-26H2,(H,43,59)(H,46,54)(H,55,56)(H,57,58)(H,60,61);/q-1;/t36?,37?,50-;/m1./s1. The normalized spacial score (nSPS) is 18.1. The van der Waals surface area contributed by atoms with Gasteiger partial charge in [0.05, 0.1) is 19.6 Å². The molecule has 1 aliphatic rings. The van der Waals surface area contributed by atoms with Crippen LogP contribution in [-0.4, -0.2) is 181 Å². The van der Waals surface area contributed by atoms with Crippen molar-refractivity contribution in [3.8, 4) is 11.5 Å². The molecule has 1 fully saturated rings. The minimum absolute atomic E-state index is 0. The molecule has 2 aromatic heterocycles. The van der Waals surface area contributed by atoms with Gasteiger partial charge < -0.3 is 62.3 Å². The number of benzene rings is 2. The van der Waals surface area contributed by atoms with Crippen LogP contribution in [-0.2, 0) is 41.6 Å². The molecule has 62 heavy (non-hydrogen) atoms. The van der Waals surface area contributed by atoms with Gasteiger partial charge in [-0.1, -0.05) is 0 Å². The molecule has 0 saturated carbocycles. The quantitative estimate of drug-likeness (QED) is 0.0493. The van der Waals surface area contributed by atoms with Crippen LogP contribution in [0, 0.1) is 53.9 Å². The fourth-order valence-corrected chi connectivity index (χ4v) is 7.79. The van der Waals surface area contributed by atoms with Gasteiger partial charge in [0.25, 0.3) is 0 Å². The van der Waals surface area contributed by atoms with Crippen molar-refractivity contribution in [1.82, 2.24) is 35.3 Å². The van der Waals surface area contributed by atoms with E-state index in [1.807, 2.05) is 0 Å². The Hall–Kier alpha value is -4.83. The first-order valence-electron chi connectivity index (χ1n) is 20.0. The number of Topliss-reactive ketones (excluding diaryl/α,β-unsaturated/α-hetero) is 1. The predicted octanol–water partition coefficient (Wildman–Crippen LogP) is 0.780. The molecule has 0 spiro atoms. The molecule has 3 heterocycles. The van der Waals surface area contributed by atoms with Crippen molar-refractivity contribution < 1.29 is 98.7 Å². The van der Waals surface area contributed by atoms with Crippen molar-refractivity contribution in [2.45, 2.75) is 37.8 Å². The van der Waals surface area contributed by atoms with Crippen LogP contribution in [0.2, 0.25) is 0 Å². The maximum Gasteiger partial charge on any atom is 0.357 e. The summed E-state index contributed by atoms with van der Waals surface area (Å²) in [7, 11) is 4.12. The second-order valence-electron chi connectivity index (χ2n) is 15.7. The number of carbonyl (C=O) groups excluding carboxylic acids is 3. The second-order valence-corrected chi connectivity index (χ2v) is 15.7. The maximum atomic E-state index is 13.8. The Morgan fingerprint density at radius 3 is 1.89 bits per heavy atom. The van der Waals surface area contributed by atoms with Crippen LogP contribution in [0.5, 0.6) is 11.5 Å². The van der Waals surface area contributed by atoms with E-state index in [9.17, 15) is 54.3 Å². The molecule has 9 N–H and O–H groups in total. The second kappa shape index (κ2) is 23.0. The van der Waals surface area contributed by atoms with E-state index in [1.165, 1.54) is 6.07 Å². The molecule has 0 aliphatic carbocycles. The number of aromatic amines is 2. The summed E-state index contributed by atoms with van der Waals surface area (Å²) in [5, 5.41) is 57.0. The van der Waals surface area contributed by atoms with E-state index in [0.717, 1.165) is 16.5 Å². The summed E-state index contributed by atoms with van der Waals surface area (Å²) in [4.78, 5) is 87.2. The molecule has 3 atom stereocenters. The molecular weight excluding hydrogens is 950 g/mol. The summed E-state index contributed by atoms with van der Waals surface area (Å²) in [5.74, 6) is -4.77. The Morgan fingerprint density at radius 2 is 1.34 bits per heavy atom. The van der Waals surface area contributed by atoms with Crippen molar-refractivity contribution in [3.05, 3.63) is 73.9 Å². The van der Waals surface area contributed by atoms with Crippen LogP contribution in [0.1, 0.15) is 24.0 Å². The number of aliphatic carboxylic acids is 3. The van der Waals surface area contributed by atoms with Gasteiger partial charge in [-0.05, 0) is 60.4 Å². The molecule has 19 nitrogen and oxygen atoms in total. The Kier molecular flexibility index (Phi) is 18.5. The van der Waals surface area contributed by atoms with E-state index in [2.05, 4.69) is 34.6 Å². The number of fused-ring (bicyclic) bond motifs is 2. The molecule has 2 amide bonds.